The smallest absolute Gasteiger partial charge is 0.266 e. The first-order chi connectivity index (χ1) is 16.4. The predicted molar refractivity (Wildman–Crippen MR) is 131 cm³/mol. The number of rotatable bonds is 5. The third kappa shape index (κ3) is 3.63. The molecule has 2 amide bonds. The highest BCUT2D eigenvalue weighted by Gasteiger charge is 2.60. The van der Waals surface area contributed by atoms with Gasteiger partial charge in [-0.3, -0.25) is 14.4 Å². The van der Waals surface area contributed by atoms with E-state index in [4.69, 9.17) is 9.57 Å². The Morgan fingerprint density at radius 3 is 2.38 bits per heavy atom. The number of benzene rings is 3. The summed E-state index contributed by atoms with van der Waals surface area (Å²) in [5.74, 6) is -1.24. The number of anilines is 2. The van der Waals surface area contributed by atoms with Crippen LogP contribution in [0.1, 0.15) is 24.1 Å². The molecule has 3 aromatic rings. The van der Waals surface area contributed by atoms with Gasteiger partial charge in [0, 0.05) is 0 Å². The summed E-state index contributed by atoms with van der Waals surface area (Å²) in [6, 6.07) is 19.4. The second-order valence-corrected chi connectivity index (χ2v) is 9.14. The number of carbonyl (C=O) groups is 2. The molecule has 2 aliphatic rings. The predicted octanol–water partition coefficient (Wildman–Crippen LogP) is 4.91. The van der Waals surface area contributed by atoms with Crippen molar-refractivity contribution in [3.8, 4) is 11.5 Å². The summed E-state index contributed by atoms with van der Waals surface area (Å²) in [6.45, 7) is 4.13. The summed E-state index contributed by atoms with van der Waals surface area (Å²) in [4.78, 5) is 34.5. The number of amides is 2. The van der Waals surface area contributed by atoms with Gasteiger partial charge in [0.25, 0.3) is 5.91 Å². The summed E-state index contributed by atoms with van der Waals surface area (Å²) >= 11 is 3.39. The van der Waals surface area contributed by atoms with Crippen LogP contribution >= 0.6 is 15.9 Å². The molecule has 0 spiro atoms. The Hall–Kier alpha value is -3.36. The molecule has 2 heterocycles. The third-order valence-electron chi connectivity index (χ3n) is 6.11. The molecule has 2 aliphatic heterocycles. The number of fused-ring (bicyclic) bond motifs is 1. The van der Waals surface area contributed by atoms with E-state index in [9.17, 15) is 14.7 Å². The summed E-state index contributed by atoms with van der Waals surface area (Å²) in [6.07, 6.45) is -0.970. The summed E-state index contributed by atoms with van der Waals surface area (Å²) in [7, 11) is 0. The van der Waals surface area contributed by atoms with E-state index in [0.717, 1.165) is 5.56 Å². The van der Waals surface area contributed by atoms with Crippen molar-refractivity contribution >= 4 is 39.1 Å². The van der Waals surface area contributed by atoms with Crippen molar-refractivity contribution in [3.63, 3.8) is 0 Å². The highest BCUT2D eigenvalue weighted by atomic mass is 79.9. The summed E-state index contributed by atoms with van der Waals surface area (Å²) in [5, 5.41) is 12.0. The number of hydrogen-bond donors (Lipinski definition) is 1. The lowest BCUT2D eigenvalue weighted by atomic mass is 9.90. The van der Waals surface area contributed by atoms with Gasteiger partial charge in [-0.1, -0.05) is 35.9 Å². The molecule has 0 radical (unpaired) electrons. The van der Waals surface area contributed by atoms with Crippen LogP contribution in [0, 0.1) is 12.8 Å². The lowest BCUT2D eigenvalue weighted by Crippen LogP contribution is -2.37. The molecule has 0 unspecified atom stereocenters. The van der Waals surface area contributed by atoms with Crippen LogP contribution in [0.25, 0.3) is 0 Å². The van der Waals surface area contributed by atoms with E-state index in [1.165, 1.54) is 4.90 Å². The first kappa shape index (κ1) is 22.4. The average molecular weight is 523 g/mol. The molecular weight excluding hydrogens is 500 g/mol. The number of nitrogens with zero attached hydrogens (tertiary/aromatic N) is 2. The Kier molecular flexibility index (Phi) is 5.79. The normalized spacial score (nSPS) is 21.8. The van der Waals surface area contributed by atoms with Crippen molar-refractivity contribution in [1.82, 2.24) is 0 Å². The van der Waals surface area contributed by atoms with Crippen LogP contribution in [-0.4, -0.2) is 29.6 Å². The van der Waals surface area contributed by atoms with E-state index in [0.29, 0.717) is 28.0 Å². The van der Waals surface area contributed by atoms with Crippen molar-refractivity contribution in [2.24, 2.45) is 5.92 Å². The van der Waals surface area contributed by atoms with E-state index in [2.05, 4.69) is 15.9 Å². The van der Waals surface area contributed by atoms with E-state index < -0.39 is 24.0 Å². The van der Waals surface area contributed by atoms with E-state index >= 15 is 0 Å². The molecule has 5 rings (SSSR count). The highest BCUT2D eigenvalue weighted by molar-refractivity contribution is 9.10. The van der Waals surface area contributed by atoms with Crippen molar-refractivity contribution in [3.05, 3.63) is 82.3 Å². The summed E-state index contributed by atoms with van der Waals surface area (Å²) in [5.41, 5.74) is 2.94. The highest BCUT2D eigenvalue weighted by Crippen LogP contribution is 2.49. The van der Waals surface area contributed by atoms with Crippen LogP contribution in [-0.2, 0) is 14.4 Å². The molecule has 2 saturated heterocycles. The Morgan fingerprint density at radius 1 is 1.00 bits per heavy atom. The molecule has 34 heavy (non-hydrogen) atoms. The van der Waals surface area contributed by atoms with Gasteiger partial charge in [0.05, 0.1) is 28.5 Å². The number of phenols is 1. The monoisotopic (exact) mass is 522 g/mol. The van der Waals surface area contributed by atoms with Gasteiger partial charge in [-0.2, -0.15) is 0 Å². The molecule has 8 heteroatoms. The topological polar surface area (TPSA) is 79.3 Å². The number of ether oxygens (including phenoxy) is 1. The number of para-hydroxylation sites is 1. The fourth-order valence-corrected chi connectivity index (χ4v) is 4.99. The third-order valence-corrected chi connectivity index (χ3v) is 6.71. The lowest BCUT2D eigenvalue weighted by molar-refractivity contribution is -0.126. The van der Waals surface area contributed by atoms with Gasteiger partial charge in [0.15, 0.2) is 17.6 Å². The van der Waals surface area contributed by atoms with Gasteiger partial charge in [-0.05, 0) is 71.7 Å². The quantitative estimate of drug-likeness (QED) is 0.479. The van der Waals surface area contributed by atoms with Crippen LogP contribution in [0.5, 0.6) is 11.5 Å². The number of carbonyl (C=O) groups excluding carboxylic acids is 2. The number of halogens is 1. The van der Waals surface area contributed by atoms with Gasteiger partial charge in [0.1, 0.15) is 5.92 Å². The van der Waals surface area contributed by atoms with Crippen LogP contribution < -0.4 is 14.7 Å². The average Bonchev–Trinajstić information content (AvgIpc) is 3.34. The minimum Gasteiger partial charge on any atom is -0.503 e. The molecule has 7 nitrogen and oxygen atoms in total. The molecule has 3 aromatic carbocycles. The standard InChI is InChI=1S/C26H23BrN2O5/c1-3-33-20-14-16(13-19(27)23(20)30)22-21-24(34-29(22)18-7-5-4-6-8-18)26(32)28(25(21)31)17-11-9-15(2)10-12-17/h4-14,21-22,24,30H,3H2,1-2H3/t21-,22+,24-/m1/s1. The van der Waals surface area contributed by atoms with Crippen LogP contribution in [0.3, 0.4) is 0 Å². The lowest BCUT2D eigenvalue weighted by Gasteiger charge is -2.29. The number of hydrogen-bond acceptors (Lipinski definition) is 6. The molecule has 3 atom stereocenters. The second-order valence-electron chi connectivity index (χ2n) is 8.29. The van der Waals surface area contributed by atoms with Gasteiger partial charge in [0.2, 0.25) is 5.91 Å². The van der Waals surface area contributed by atoms with Crippen molar-refractivity contribution in [2.45, 2.75) is 26.0 Å². The van der Waals surface area contributed by atoms with Crippen LogP contribution in [0.4, 0.5) is 11.4 Å². The maximum atomic E-state index is 13.7. The zero-order valence-corrected chi connectivity index (χ0v) is 20.2. The molecule has 0 bridgehead atoms. The number of aryl methyl sites for hydroxylation is 1. The molecule has 0 saturated carbocycles. The zero-order chi connectivity index (χ0) is 24.0. The van der Waals surface area contributed by atoms with Crippen LogP contribution in [0.2, 0.25) is 0 Å². The fraction of sp³-hybridized carbons (Fsp3) is 0.231. The minimum absolute atomic E-state index is 0.0255. The number of phenolic OH excluding ortho intramolecular Hbond substituents is 1. The number of imide groups is 1. The van der Waals surface area contributed by atoms with Crippen LogP contribution in [0.15, 0.2) is 71.2 Å². The summed E-state index contributed by atoms with van der Waals surface area (Å²) < 4.78 is 6.05. The molecule has 0 aromatic heterocycles. The van der Waals surface area contributed by atoms with Gasteiger partial charge in [-0.15, -0.1) is 0 Å². The molecule has 174 valence electrons. The Bertz CT molecular complexity index is 1250. The van der Waals surface area contributed by atoms with Gasteiger partial charge >= 0.3 is 0 Å². The molecule has 1 N–H and O–H groups in total. The van der Waals surface area contributed by atoms with Crippen molar-refractivity contribution < 1.29 is 24.3 Å². The van der Waals surface area contributed by atoms with Crippen molar-refractivity contribution in [2.75, 3.05) is 16.6 Å². The maximum Gasteiger partial charge on any atom is 0.266 e. The minimum atomic E-state index is -0.970. The molecular formula is C26H23BrN2O5. The SMILES string of the molecule is CCOc1cc([C@H]2[C@H]3C(=O)N(c4ccc(C)cc4)C(=O)[C@@H]3ON2c2ccccc2)cc(Br)c1O. The Balaban J connectivity index is 1.62. The molecule has 2 fully saturated rings. The first-order valence-corrected chi connectivity index (χ1v) is 11.8. The van der Waals surface area contributed by atoms with E-state index in [-0.39, 0.29) is 17.4 Å². The second kappa shape index (κ2) is 8.77. The fourth-order valence-electron chi connectivity index (χ4n) is 4.53. The van der Waals surface area contributed by atoms with Gasteiger partial charge in [-0.25, -0.2) is 9.96 Å². The van der Waals surface area contributed by atoms with Gasteiger partial charge < -0.3 is 9.84 Å². The Morgan fingerprint density at radius 2 is 1.71 bits per heavy atom. The first-order valence-electron chi connectivity index (χ1n) is 11.0. The zero-order valence-electron chi connectivity index (χ0n) is 18.6. The van der Waals surface area contributed by atoms with E-state index in [1.807, 2.05) is 56.3 Å². The largest absolute Gasteiger partial charge is 0.503 e. The number of aromatic hydroxyl groups is 1. The Labute approximate surface area is 205 Å². The van der Waals surface area contributed by atoms with Crippen molar-refractivity contribution in [1.29, 1.82) is 0 Å². The molecule has 0 aliphatic carbocycles. The van der Waals surface area contributed by atoms with E-state index in [1.54, 1.807) is 29.3 Å². The number of hydroxylamine groups is 1. The maximum absolute atomic E-state index is 13.7.